The Morgan fingerprint density at radius 2 is 1.71 bits per heavy atom. The van der Waals surface area contributed by atoms with Gasteiger partial charge in [0.1, 0.15) is 11.3 Å². The van der Waals surface area contributed by atoms with Gasteiger partial charge in [0.2, 0.25) is 5.43 Å². The van der Waals surface area contributed by atoms with Gasteiger partial charge in [-0.15, -0.1) is 0 Å². The SMILES string of the molecule is CCn1nc(C(=O)Cc2ccc(Oc3ccnc4cc(OC)c(OC)nc34)c(F)c2)c(=O)c(-c2ccc(F)cc2)c1C. The van der Waals surface area contributed by atoms with E-state index in [0.29, 0.717) is 40.1 Å². The molecule has 0 aliphatic carbocycles. The second-order valence-corrected chi connectivity index (χ2v) is 9.30. The molecule has 42 heavy (non-hydrogen) atoms. The number of methoxy groups -OCH3 is 2. The van der Waals surface area contributed by atoms with E-state index in [2.05, 4.69) is 15.1 Å². The maximum absolute atomic E-state index is 15.2. The first-order chi connectivity index (χ1) is 20.2. The number of pyridine rings is 2. The van der Waals surface area contributed by atoms with Crippen LogP contribution in [0.1, 0.15) is 28.7 Å². The molecule has 5 aromatic rings. The summed E-state index contributed by atoms with van der Waals surface area (Å²) in [6, 6.07) is 12.7. The Bertz CT molecular complexity index is 1870. The van der Waals surface area contributed by atoms with E-state index in [4.69, 9.17) is 14.2 Å². The average molecular weight is 573 g/mol. The number of hydrogen-bond acceptors (Lipinski definition) is 8. The first kappa shape index (κ1) is 28.3. The number of carbonyl (C=O) groups excluding carboxylic acids is 1. The molecule has 0 fully saturated rings. The Labute approximate surface area is 239 Å². The molecule has 214 valence electrons. The lowest BCUT2D eigenvalue weighted by molar-refractivity contribution is 0.0984. The Hall–Kier alpha value is -5.19. The van der Waals surface area contributed by atoms with Crippen LogP contribution in [0.5, 0.6) is 23.1 Å². The quantitative estimate of drug-likeness (QED) is 0.207. The predicted molar refractivity (Wildman–Crippen MR) is 151 cm³/mol. The van der Waals surface area contributed by atoms with Crippen LogP contribution in [0.25, 0.3) is 22.2 Å². The molecule has 3 aromatic heterocycles. The number of ether oxygens (including phenoxy) is 3. The van der Waals surface area contributed by atoms with Gasteiger partial charge in [0, 0.05) is 37.0 Å². The summed E-state index contributed by atoms with van der Waals surface area (Å²) >= 11 is 0. The summed E-state index contributed by atoms with van der Waals surface area (Å²) in [5.74, 6) is -1.01. The fourth-order valence-electron chi connectivity index (χ4n) is 4.61. The van der Waals surface area contributed by atoms with Gasteiger partial charge >= 0.3 is 0 Å². The van der Waals surface area contributed by atoms with E-state index in [1.165, 1.54) is 62.9 Å². The average Bonchev–Trinajstić information content (AvgIpc) is 2.99. The van der Waals surface area contributed by atoms with Crippen LogP contribution in [0.15, 0.2) is 65.6 Å². The van der Waals surface area contributed by atoms with Crippen molar-refractivity contribution in [3.8, 4) is 34.3 Å². The molecule has 0 aliphatic heterocycles. The van der Waals surface area contributed by atoms with Crippen LogP contribution in [0.4, 0.5) is 8.78 Å². The maximum Gasteiger partial charge on any atom is 0.257 e. The molecule has 0 N–H and O–H groups in total. The van der Waals surface area contributed by atoms with E-state index >= 15 is 4.39 Å². The molecular formula is C31H26F2N4O5. The normalized spacial score (nSPS) is 11.0. The van der Waals surface area contributed by atoms with Crippen molar-refractivity contribution in [1.29, 1.82) is 0 Å². The van der Waals surface area contributed by atoms with Crippen molar-refractivity contribution in [2.45, 2.75) is 26.8 Å². The number of aryl methyl sites for hydroxylation is 1. The third-order valence-electron chi connectivity index (χ3n) is 6.71. The third-order valence-corrected chi connectivity index (χ3v) is 6.71. The molecule has 9 nitrogen and oxygen atoms in total. The van der Waals surface area contributed by atoms with Crippen LogP contribution in [-0.2, 0) is 13.0 Å². The van der Waals surface area contributed by atoms with Crippen LogP contribution < -0.4 is 19.6 Å². The van der Waals surface area contributed by atoms with Gasteiger partial charge in [-0.05, 0) is 49.2 Å². The minimum Gasteiger partial charge on any atom is -0.491 e. The van der Waals surface area contributed by atoms with Gasteiger partial charge in [-0.3, -0.25) is 19.3 Å². The molecule has 0 saturated heterocycles. The Kier molecular flexibility index (Phi) is 7.92. The Morgan fingerprint density at radius 3 is 2.38 bits per heavy atom. The van der Waals surface area contributed by atoms with Gasteiger partial charge in [0.25, 0.3) is 5.88 Å². The van der Waals surface area contributed by atoms with Crippen LogP contribution in [0.3, 0.4) is 0 Å². The highest BCUT2D eigenvalue weighted by atomic mass is 19.1. The lowest BCUT2D eigenvalue weighted by Gasteiger charge is -2.14. The number of hydrogen-bond donors (Lipinski definition) is 0. The number of carbonyl (C=O) groups is 1. The number of aromatic nitrogens is 4. The fraction of sp³-hybridized carbons (Fsp3) is 0.194. The lowest BCUT2D eigenvalue weighted by atomic mass is 10.00. The topological polar surface area (TPSA) is 105 Å². The third kappa shape index (κ3) is 5.40. The molecule has 0 bridgehead atoms. The van der Waals surface area contributed by atoms with Crippen molar-refractivity contribution in [2.24, 2.45) is 0 Å². The number of Topliss-reactive ketones (excluding diaryl/α,β-unsaturated/α-hetero) is 1. The molecule has 0 atom stereocenters. The molecule has 0 unspecified atom stereocenters. The fourth-order valence-corrected chi connectivity index (χ4v) is 4.61. The Morgan fingerprint density at radius 1 is 0.952 bits per heavy atom. The summed E-state index contributed by atoms with van der Waals surface area (Å²) < 4.78 is 46.6. The number of nitrogens with zero attached hydrogens (tertiary/aromatic N) is 4. The number of ketones is 1. The molecule has 3 heterocycles. The highest BCUT2D eigenvalue weighted by molar-refractivity contribution is 5.96. The molecule has 0 amide bonds. The smallest absolute Gasteiger partial charge is 0.257 e. The molecule has 0 saturated carbocycles. The van der Waals surface area contributed by atoms with Gasteiger partial charge in [0.05, 0.1) is 25.3 Å². The van der Waals surface area contributed by atoms with Gasteiger partial charge in [-0.2, -0.15) is 5.10 Å². The second kappa shape index (κ2) is 11.7. The number of fused-ring (bicyclic) bond motifs is 1. The van der Waals surface area contributed by atoms with Gasteiger partial charge < -0.3 is 14.2 Å². The van der Waals surface area contributed by atoms with Gasteiger partial charge in [0.15, 0.2) is 34.5 Å². The predicted octanol–water partition coefficient (Wildman–Crippen LogP) is 5.69. The van der Waals surface area contributed by atoms with E-state index < -0.39 is 22.8 Å². The minimum atomic E-state index is -0.722. The van der Waals surface area contributed by atoms with E-state index in [1.54, 1.807) is 23.7 Å². The van der Waals surface area contributed by atoms with Gasteiger partial charge in [-0.25, -0.2) is 13.8 Å². The monoisotopic (exact) mass is 572 g/mol. The number of benzene rings is 2. The minimum absolute atomic E-state index is 0.101. The summed E-state index contributed by atoms with van der Waals surface area (Å²) in [6.45, 7) is 3.95. The highest BCUT2D eigenvalue weighted by Crippen LogP contribution is 2.34. The summed E-state index contributed by atoms with van der Waals surface area (Å²) in [5.41, 5.74) is 1.55. The van der Waals surface area contributed by atoms with E-state index in [1.807, 2.05) is 6.92 Å². The summed E-state index contributed by atoms with van der Waals surface area (Å²) in [4.78, 5) is 35.3. The van der Waals surface area contributed by atoms with Crippen molar-refractivity contribution in [3.05, 3.63) is 99.6 Å². The summed E-state index contributed by atoms with van der Waals surface area (Å²) in [7, 11) is 2.92. The van der Waals surface area contributed by atoms with Crippen molar-refractivity contribution < 1.29 is 27.8 Å². The van der Waals surface area contributed by atoms with E-state index in [0.717, 1.165) is 0 Å². The molecule has 11 heteroatoms. The zero-order valence-electron chi connectivity index (χ0n) is 23.3. The van der Waals surface area contributed by atoms with E-state index in [9.17, 15) is 14.0 Å². The lowest BCUT2D eigenvalue weighted by Crippen LogP contribution is -2.27. The molecule has 0 aliphatic rings. The van der Waals surface area contributed by atoms with E-state index in [-0.39, 0.29) is 35.1 Å². The molecular weight excluding hydrogens is 546 g/mol. The van der Waals surface area contributed by atoms with Gasteiger partial charge in [-0.1, -0.05) is 18.2 Å². The number of halogens is 2. The largest absolute Gasteiger partial charge is 0.491 e. The van der Waals surface area contributed by atoms with Crippen molar-refractivity contribution in [3.63, 3.8) is 0 Å². The van der Waals surface area contributed by atoms with Crippen LogP contribution >= 0.6 is 0 Å². The number of rotatable bonds is 9. The zero-order valence-corrected chi connectivity index (χ0v) is 23.3. The first-order valence-electron chi connectivity index (χ1n) is 13.0. The van der Waals surface area contributed by atoms with Crippen molar-refractivity contribution in [2.75, 3.05) is 14.2 Å². The molecule has 0 spiro atoms. The zero-order chi connectivity index (χ0) is 30.0. The molecule has 5 rings (SSSR count). The van der Waals surface area contributed by atoms with Crippen LogP contribution in [0, 0.1) is 18.6 Å². The highest BCUT2D eigenvalue weighted by Gasteiger charge is 2.22. The van der Waals surface area contributed by atoms with Crippen molar-refractivity contribution >= 4 is 16.8 Å². The Balaban J connectivity index is 1.43. The van der Waals surface area contributed by atoms with Crippen LogP contribution in [-0.4, -0.2) is 39.8 Å². The molecule has 0 radical (unpaired) electrons. The maximum atomic E-state index is 15.2. The second-order valence-electron chi connectivity index (χ2n) is 9.30. The summed E-state index contributed by atoms with van der Waals surface area (Å²) in [5, 5.41) is 4.27. The first-order valence-corrected chi connectivity index (χ1v) is 13.0. The standard InChI is InChI=1S/C31H26F2N4O5/c1-5-37-17(2)27(19-7-9-20(32)10-8-19)30(39)29(36-37)23(38)15-18-6-11-24(21(33)14-18)42-25-12-13-34-22-16-26(40-3)31(41-4)35-28(22)25/h6-14,16H,5,15H2,1-4H3. The summed E-state index contributed by atoms with van der Waals surface area (Å²) in [6.07, 6.45) is 1.22. The van der Waals surface area contributed by atoms with Crippen molar-refractivity contribution in [1.82, 2.24) is 19.7 Å². The molecule has 2 aromatic carbocycles. The van der Waals surface area contributed by atoms with Crippen LogP contribution in [0.2, 0.25) is 0 Å².